The maximum Gasteiger partial charge on any atom is 0.225 e. The van der Waals surface area contributed by atoms with Crippen LogP contribution < -0.4 is 0 Å². The van der Waals surface area contributed by atoms with Crippen molar-refractivity contribution in [2.24, 2.45) is 0 Å². The number of likely N-dealkylation sites (N-methyl/N-ethyl adjacent to an activating group) is 2. The molecule has 1 amide bonds. The van der Waals surface area contributed by atoms with Crippen LogP contribution in [-0.4, -0.2) is 54.0 Å². The molecule has 0 bridgehead atoms. The Morgan fingerprint density at radius 2 is 2.05 bits per heavy atom. The van der Waals surface area contributed by atoms with Gasteiger partial charge in [-0.3, -0.25) is 4.79 Å². The van der Waals surface area contributed by atoms with Crippen molar-refractivity contribution < 1.29 is 9.90 Å². The smallest absolute Gasteiger partial charge is 0.225 e. The molecule has 1 aliphatic heterocycles. The fourth-order valence-electron chi connectivity index (χ4n) is 2.85. The SMILES string of the molecule is CN1CCCC(N(C)C(=O)CC(O)c2cc(Cl)cc(Cl)c2)C1. The lowest BCUT2D eigenvalue weighted by Crippen LogP contribution is -2.47. The lowest BCUT2D eigenvalue weighted by atomic mass is 10.0. The Balaban J connectivity index is 1.98. The highest BCUT2D eigenvalue weighted by Gasteiger charge is 2.26. The molecule has 1 heterocycles. The molecule has 0 radical (unpaired) electrons. The van der Waals surface area contributed by atoms with Crippen molar-refractivity contribution in [1.82, 2.24) is 9.80 Å². The minimum atomic E-state index is -0.896. The molecule has 122 valence electrons. The predicted molar refractivity (Wildman–Crippen MR) is 89.3 cm³/mol. The normalized spacial score (nSPS) is 20.7. The van der Waals surface area contributed by atoms with Crippen LogP contribution in [0.3, 0.4) is 0 Å². The number of hydrogen-bond donors (Lipinski definition) is 1. The summed E-state index contributed by atoms with van der Waals surface area (Å²) in [7, 11) is 3.87. The summed E-state index contributed by atoms with van der Waals surface area (Å²) in [6.45, 7) is 1.95. The number of hydrogen-bond acceptors (Lipinski definition) is 3. The first-order chi connectivity index (χ1) is 10.4. The number of carbonyl (C=O) groups excluding carboxylic acids is 1. The number of piperidine rings is 1. The van der Waals surface area contributed by atoms with E-state index in [9.17, 15) is 9.90 Å². The van der Waals surface area contributed by atoms with Gasteiger partial charge >= 0.3 is 0 Å². The van der Waals surface area contributed by atoms with Crippen molar-refractivity contribution in [3.05, 3.63) is 33.8 Å². The Hall–Kier alpha value is -0.810. The number of amides is 1. The van der Waals surface area contributed by atoms with Crippen molar-refractivity contribution in [3.8, 4) is 0 Å². The zero-order valence-electron chi connectivity index (χ0n) is 12.9. The second kappa shape index (κ2) is 7.64. The molecule has 0 saturated carbocycles. The van der Waals surface area contributed by atoms with Crippen LogP contribution in [0, 0.1) is 0 Å². The summed E-state index contributed by atoms with van der Waals surface area (Å²) in [6, 6.07) is 5.09. The number of rotatable bonds is 4. The first-order valence-electron chi connectivity index (χ1n) is 7.45. The lowest BCUT2D eigenvalue weighted by molar-refractivity contribution is -0.135. The topological polar surface area (TPSA) is 43.8 Å². The molecule has 0 aromatic heterocycles. The molecule has 2 unspecified atom stereocenters. The van der Waals surface area contributed by atoms with Crippen LogP contribution in [-0.2, 0) is 4.79 Å². The first kappa shape index (κ1) is 17.5. The molecule has 22 heavy (non-hydrogen) atoms. The number of carbonyl (C=O) groups is 1. The van der Waals surface area contributed by atoms with Gasteiger partial charge in [-0.25, -0.2) is 0 Å². The van der Waals surface area contributed by atoms with E-state index in [1.165, 1.54) is 0 Å². The van der Waals surface area contributed by atoms with Crippen LogP contribution in [0.15, 0.2) is 18.2 Å². The van der Waals surface area contributed by atoms with Crippen LogP contribution >= 0.6 is 23.2 Å². The minimum Gasteiger partial charge on any atom is -0.388 e. The van der Waals surface area contributed by atoms with E-state index in [-0.39, 0.29) is 18.4 Å². The molecule has 0 aliphatic carbocycles. The third kappa shape index (κ3) is 4.59. The van der Waals surface area contributed by atoms with Crippen LogP contribution in [0.25, 0.3) is 0 Å². The average molecular weight is 345 g/mol. The van der Waals surface area contributed by atoms with Crippen molar-refractivity contribution in [2.45, 2.75) is 31.4 Å². The molecule has 1 saturated heterocycles. The molecule has 4 nitrogen and oxygen atoms in total. The fourth-order valence-corrected chi connectivity index (χ4v) is 3.40. The van der Waals surface area contributed by atoms with Gasteiger partial charge in [-0.05, 0) is 50.2 Å². The van der Waals surface area contributed by atoms with E-state index < -0.39 is 6.10 Å². The van der Waals surface area contributed by atoms with Crippen molar-refractivity contribution in [2.75, 3.05) is 27.2 Å². The molecule has 2 atom stereocenters. The van der Waals surface area contributed by atoms with Gasteiger partial charge < -0.3 is 14.9 Å². The number of nitrogens with zero attached hydrogens (tertiary/aromatic N) is 2. The molecule has 1 aliphatic rings. The standard InChI is InChI=1S/C16H22Cl2N2O2/c1-19-5-3-4-14(10-19)20(2)16(22)9-15(21)11-6-12(17)8-13(18)7-11/h6-8,14-15,21H,3-5,9-10H2,1-2H3. The van der Waals surface area contributed by atoms with Gasteiger partial charge in [0.25, 0.3) is 0 Å². The van der Waals surface area contributed by atoms with Crippen molar-refractivity contribution >= 4 is 29.1 Å². The van der Waals surface area contributed by atoms with Gasteiger partial charge in [0.05, 0.1) is 12.5 Å². The zero-order chi connectivity index (χ0) is 16.3. The molecule has 0 spiro atoms. The van der Waals surface area contributed by atoms with Gasteiger partial charge in [-0.15, -0.1) is 0 Å². The van der Waals surface area contributed by atoms with Crippen molar-refractivity contribution in [1.29, 1.82) is 0 Å². The van der Waals surface area contributed by atoms with Crippen LogP contribution in [0.2, 0.25) is 10.0 Å². The zero-order valence-corrected chi connectivity index (χ0v) is 14.4. The van der Waals surface area contributed by atoms with Gasteiger partial charge in [-0.2, -0.15) is 0 Å². The maximum atomic E-state index is 12.4. The third-order valence-corrected chi connectivity index (χ3v) is 4.61. The second-order valence-corrected chi connectivity index (χ2v) is 6.86. The predicted octanol–water partition coefficient (Wildman–Crippen LogP) is 2.97. The van der Waals surface area contributed by atoms with Crippen LogP contribution in [0.4, 0.5) is 0 Å². The van der Waals surface area contributed by atoms with Gasteiger partial charge in [0.2, 0.25) is 5.91 Å². The highest BCUT2D eigenvalue weighted by atomic mass is 35.5. The minimum absolute atomic E-state index is 0.0351. The van der Waals surface area contributed by atoms with Gasteiger partial charge in [0, 0.05) is 29.7 Å². The number of benzene rings is 1. The Morgan fingerprint density at radius 3 is 2.64 bits per heavy atom. The van der Waals surface area contributed by atoms with Gasteiger partial charge in [-0.1, -0.05) is 23.2 Å². The van der Waals surface area contributed by atoms with Crippen LogP contribution in [0.1, 0.15) is 30.9 Å². The summed E-state index contributed by atoms with van der Waals surface area (Å²) >= 11 is 11.9. The summed E-state index contributed by atoms with van der Waals surface area (Å²) in [6.07, 6.45) is 1.23. The fraction of sp³-hybridized carbons (Fsp3) is 0.562. The number of aliphatic hydroxyl groups excluding tert-OH is 1. The largest absolute Gasteiger partial charge is 0.388 e. The summed E-state index contributed by atoms with van der Waals surface area (Å²) in [4.78, 5) is 16.4. The second-order valence-electron chi connectivity index (χ2n) is 5.99. The molecule has 1 N–H and O–H groups in total. The monoisotopic (exact) mass is 344 g/mol. The Bertz CT molecular complexity index is 519. The van der Waals surface area contributed by atoms with E-state index in [0.717, 1.165) is 25.9 Å². The highest BCUT2D eigenvalue weighted by molar-refractivity contribution is 6.34. The van der Waals surface area contributed by atoms with E-state index in [1.54, 1.807) is 23.1 Å². The Kier molecular flexibility index (Phi) is 6.09. The molecule has 1 aromatic carbocycles. The van der Waals surface area contributed by atoms with Crippen molar-refractivity contribution in [3.63, 3.8) is 0 Å². The lowest BCUT2D eigenvalue weighted by Gasteiger charge is -2.36. The number of likely N-dealkylation sites (tertiary alicyclic amines) is 1. The third-order valence-electron chi connectivity index (χ3n) is 4.18. The van der Waals surface area contributed by atoms with Gasteiger partial charge in [0.1, 0.15) is 0 Å². The van der Waals surface area contributed by atoms with E-state index in [4.69, 9.17) is 23.2 Å². The first-order valence-corrected chi connectivity index (χ1v) is 8.20. The quantitative estimate of drug-likeness (QED) is 0.913. The summed E-state index contributed by atoms with van der Waals surface area (Å²) < 4.78 is 0. The summed E-state index contributed by atoms with van der Waals surface area (Å²) in [5.41, 5.74) is 0.569. The van der Waals surface area contributed by atoms with E-state index in [2.05, 4.69) is 11.9 Å². The molecular weight excluding hydrogens is 323 g/mol. The summed E-state index contributed by atoms with van der Waals surface area (Å²) in [5, 5.41) is 11.2. The van der Waals surface area contributed by atoms with E-state index >= 15 is 0 Å². The van der Waals surface area contributed by atoms with Gasteiger partial charge in [0.15, 0.2) is 0 Å². The maximum absolute atomic E-state index is 12.4. The molecule has 6 heteroatoms. The number of aliphatic hydroxyl groups is 1. The average Bonchev–Trinajstić information content (AvgIpc) is 2.45. The molecule has 1 aromatic rings. The molecular formula is C16H22Cl2N2O2. The Morgan fingerprint density at radius 1 is 1.41 bits per heavy atom. The van der Waals surface area contributed by atoms with E-state index in [1.807, 2.05) is 7.05 Å². The highest BCUT2D eigenvalue weighted by Crippen LogP contribution is 2.26. The molecule has 2 rings (SSSR count). The number of halogens is 2. The van der Waals surface area contributed by atoms with E-state index in [0.29, 0.717) is 15.6 Å². The Labute approximate surface area is 141 Å². The van der Waals surface area contributed by atoms with Crippen LogP contribution in [0.5, 0.6) is 0 Å². The summed E-state index contributed by atoms with van der Waals surface area (Å²) in [5.74, 6) is -0.0658. The molecule has 1 fully saturated rings.